The second-order valence-electron chi connectivity index (χ2n) is 5.43. The fourth-order valence-corrected chi connectivity index (χ4v) is 3.18. The highest BCUT2D eigenvalue weighted by molar-refractivity contribution is 6.07. The van der Waals surface area contributed by atoms with Gasteiger partial charge in [0.25, 0.3) is 5.91 Å². The summed E-state index contributed by atoms with van der Waals surface area (Å²) in [5, 5.41) is 3.35. The van der Waals surface area contributed by atoms with Crippen molar-refractivity contribution in [2.24, 2.45) is 0 Å². The van der Waals surface area contributed by atoms with Gasteiger partial charge in [0.1, 0.15) is 6.04 Å². The molecule has 0 saturated carbocycles. The number of hydrogen-bond donors (Lipinski definition) is 2. The van der Waals surface area contributed by atoms with Gasteiger partial charge < -0.3 is 9.88 Å². The second kappa shape index (κ2) is 4.18. The topological polar surface area (TPSA) is 82.3 Å². The van der Waals surface area contributed by atoms with Gasteiger partial charge in [-0.25, -0.2) is 0 Å². The summed E-state index contributed by atoms with van der Waals surface area (Å²) in [7, 11) is 0. The molecule has 6 heteroatoms. The monoisotopic (exact) mass is 283 g/mol. The van der Waals surface area contributed by atoms with Gasteiger partial charge in [0, 0.05) is 30.3 Å². The molecule has 2 aliphatic rings. The van der Waals surface area contributed by atoms with Gasteiger partial charge in [0.15, 0.2) is 0 Å². The van der Waals surface area contributed by atoms with E-state index in [1.165, 1.54) is 0 Å². The first-order valence-electron chi connectivity index (χ1n) is 6.89. The normalized spacial score (nSPS) is 21.8. The Hall–Kier alpha value is -2.63. The maximum Gasteiger partial charge on any atom is 0.255 e. The number of H-pyrrole nitrogens is 1. The van der Waals surface area contributed by atoms with Crippen LogP contribution < -0.4 is 5.32 Å². The Balaban J connectivity index is 1.72. The number of carbonyl (C=O) groups excluding carboxylic acids is 3. The molecule has 1 aromatic heterocycles. The van der Waals surface area contributed by atoms with Crippen molar-refractivity contribution in [3.63, 3.8) is 0 Å². The van der Waals surface area contributed by atoms with Gasteiger partial charge in [0.05, 0.1) is 5.52 Å². The van der Waals surface area contributed by atoms with Crippen molar-refractivity contribution in [3.8, 4) is 0 Å². The summed E-state index contributed by atoms with van der Waals surface area (Å²) in [5.41, 5.74) is 2.50. The van der Waals surface area contributed by atoms with Gasteiger partial charge in [0.2, 0.25) is 11.8 Å². The molecule has 2 aromatic rings. The zero-order chi connectivity index (χ0) is 14.6. The van der Waals surface area contributed by atoms with E-state index in [0.29, 0.717) is 18.5 Å². The molecule has 1 atom stereocenters. The highest BCUT2D eigenvalue weighted by Crippen LogP contribution is 2.32. The second-order valence-corrected chi connectivity index (χ2v) is 5.43. The van der Waals surface area contributed by atoms with E-state index in [4.69, 9.17) is 0 Å². The van der Waals surface area contributed by atoms with Crippen LogP contribution in [-0.4, -0.2) is 33.6 Å². The van der Waals surface area contributed by atoms with E-state index in [1.54, 1.807) is 11.0 Å². The zero-order valence-electron chi connectivity index (χ0n) is 11.2. The maximum atomic E-state index is 12.5. The van der Waals surface area contributed by atoms with Crippen LogP contribution in [0, 0.1) is 0 Å². The van der Waals surface area contributed by atoms with Crippen molar-refractivity contribution in [2.45, 2.75) is 25.4 Å². The predicted octanol–water partition coefficient (Wildman–Crippen LogP) is 0.929. The van der Waals surface area contributed by atoms with Crippen molar-refractivity contribution >= 4 is 28.6 Å². The van der Waals surface area contributed by atoms with Crippen LogP contribution in [0.25, 0.3) is 10.9 Å². The minimum atomic E-state index is -0.562. The number of aromatic amines is 1. The molecule has 0 aliphatic carbocycles. The number of aromatic nitrogens is 1. The van der Waals surface area contributed by atoms with Crippen molar-refractivity contribution in [3.05, 3.63) is 35.5 Å². The fraction of sp³-hybridized carbons (Fsp3) is 0.267. The molecular weight excluding hydrogens is 270 g/mol. The van der Waals surface area contributed by atoms with Crippen LogP contribution in [0.5, 0.6) is 0 Å². The molecule has 3 amide bonds. The van der Waals surface area contributed by atoms with Gasteiger partial charge in [-0.1, -0.05) is 6.07 Å². The predicted molar refractivity (Wildman–Crippen MR) is 74.3 cm³/mol. The van der Waals surface area contributed by atoms with E-state index < -0.39 is 6.04 Å². The molecule has 0 radical (unpaired) electrons. The molecule has 1 aromatic carbocycles. The minimum Gasteiger partial charge on any atom is -0.361 e. The number of benzene rings is 1. The number of amides is 3. The highest BCUT2D eigenvalue weighted by Gasteiger charge is 2.39. The van der Waals surface area contributed by atoms with Gasteiger partial charge in [-0.2, -0.15) is 0 Å². The van der Waals surface area contributed by atoms with Gasteiger partial charge in [-0.05, 0) is 23.9 Å². The Bertz CT molecular complexity index is 793. The lowest BCUT2D eigenvalue weighted by Crippen LogP contribution is -2.52. The third kappa shape index (κ3) is 1.68. The number of piperidine rings is 1. The van der Waals surface area contributed by atoms with Crippen molar-refractivity contribution in [1.82, 2.24) is 15.2 Å². The fourth-order valence-electron chi connectivity index (χ4n) is 3.18. The van der Waals surface area contributed by atoms with E-state index in [1.807, 2.05) is 18.3 Å². The average molecular weight is 283 g/mol. The number of hydrogen-bond acceptors (Lipinski definition) is 3. The van der Waals surface area contributed by atoms with E-state index in [2.05, 4.69) is 10.3 Å². The van der Waals surface area contributed by atoms with Crippen LogP contribution >= 0.6 is 0 Å². The summed E-state index contributed by atoms with van der Waals surface area (Å²) in [5.74, 6) is -0.793. The Morgan fingerprint density at radius 1 is 1.14 bits per heavy atom. The number of fused-ring (bicyclic) bond motifs is 3. The third-order valence-electron chi connectivity index (χ3n) is 4.24. The van der Waals surface area contributed by atoms with E-state index in [9.17, 15) is 14.4 Å². The summed E-state index contributed by atoms with van der Waals surface area (Å²) < 4.78 is 0. The molecule has 1 unspecified atom stereocenters. The SMILES string of the molecule is O=C1CCC(N2Cc3c(ccc4cc[nH]c34)C2=O)C(=O)N1. The summed E-state index contributed by atoms with van der Waals surface area (Å²) in [6.45, 7) is 0.401. The smallest absolute Gasteiger partial charge is 0.255 e. The zero-order valence-corrected chi connectivity index (χ0v) is 11.2. The highest BCUT2D eigenvalue weighted by atomic mass is 16.2. The van der Waals surface area contributed by atoms with E-state index in [-0.39, 0.29) is 24.1 Å². The molecular formula is C15H13N3O3. The molecule has 0 bridgehead atoms. The Morgan fingerprint density at radius 2 is 2.00 bits per heavy atom. The number of rotatable bonds is 1. The van der Waals surface area contributed by atoms with E-state index in [0.717, 1.165) is 16.5 Å². The molecule has 2 N–H and O–H groups in total. The van der Waals surface area contributed by atoms with Gasteiger partial charge in [-0.3, -0.25) is 19.7 Å². The van der Waals surface area contributed by atoms with Crippen LogP contribution in [0.2, 0.25) is 0 Å². The molecule has 6 nitrogen and oxygen atoms in total. The summed E-state index contributed by atoms with van der Waals surface area (Å²) in [6, 6.07) is 5.10. The molecule has 21 heavy (non-hydrogen) atoms. The Kier molecular flexibility index (Phi) is 2.42. The molecule has 2 aliphatic heterocycles. The van der Waals surface area contributed by atoms with Crippen LogP contribution in [-0.2, 0) is 16.1 Å². The Morgan fingerprint density at radius 3 is 2.81 bits per heavy atom. The third-order valence-corrected chi connectivity index (χ3v) is 4.24. The van der Waals surface area contributed by atoms with Crippen molar-refractivity contribution < 1.29 is 14.4 Å². The lowest BCUT2D eigenvalue weighted by atomic mass is 10.0. The Labute approximate surface area is 120 Å². The minimum absolute atomic E-state index is 0.143. The van der Waals surface area contributed by atoms with E-state index >= 15 is 0 Å². The average Bonchev–Trinajstić information content (AvgIpc) is 3.04. The number of imide groups is 1. The molecule has 4 rings (SSSR count). The standard InChI is InChI=1S/C15H13N3O3/c19-12-4-3-11(14(20)17-12)18-7-10-9(15(18)21)2-1-8-5-6-16-13(8)10/h1-2,5-6,11,16H,3-4,7H2,(H,17,19,20). The number of nitrogens with zero attached hydrogens (tertiary/aromatic N) is 1. The number of carbonyl (C=O) groups is 3. The van der Waals surface area contributed by atoms with Crippen molar-refractivity contribution in [1.29, 1.82) is 0 Å². The molecule has 3 heterocycles. The largest absolute Gasteiger partial charge is 0.361 e. The summed E-state index contributed by atoms with van der Waals surface area (Å²) >= 11 is 0. The molecule has 0 spiro atoms. The first kappa shape index (κ1) is 12.1. The van der Waals surface area contributed by atoms with Crippen LogP contribution in [0.3, 0.4) is 0 Å². The van der Waals surface area contributed by atoms with Crippen LogP contribution in [0.15, 0.2) is 24.4 Å². The van der Waals surface area contributed by atoms with Crippen LogP contribution in [0.4, 0.5) is 0 Å². The first-order valence-corrected chi connectivity index (χ1v) is 6.89. The number of nitrogens with one attached hydrogen (secondary N) is 2. The lowest BCUT2D eigenvalue weighted by Gasteiger charge is -2.29. The maximum absolute atomic E-state index is 12.5. The molecule has 1 saturated heterocycles. The summed E-state index contributed by atoms with van der Waals surface area (Å²) in [4.78, 5) is 40.4. The lowest BCUT2D eigenvalue weighted by molar-refractivity contribution is -0.136. The van der Waals surface area contributed by atoms with Crippen molar-refractivity contribution in [2.75, 3.05) is 0 Å². The quantitative estimate of drug-likeness (QED) is 0.764. The van der Waals surface area contributed by atoms with Gasteiger partial charge >= 0.3 is 0 Å². The molecule has 106 valence electrons. The van der Waals surface area contributed by atoms with Gasteiger partial charge in [-0.15, -0.1) is 0 Å². The first-order chi connectivity index (χ1) is 10.1. The molecule has 1 fully saturated rings. The summed E-state index contributed by atoms with van der Waals surface area (Å²) in [6.07, 6.45) is 2.50. The van der Waals surface area contributed by atoms with Crippen LogP contribution in [0.1, 0.15) is 28.8 Å².